The summed E-state index contributed by atoms with van der Waals surface area (Å²) in [6.45, 7) is 0.885. The van der Waals surface area contributed by atoms with Crippen LogP contribution >= 0.6 is 11.6 Å². The van der Waals surface area contributed by atoms with Crippen molar-refractivity contribution in [1.29, 1.82) is 5.26 Å². The van der Waals surface area contributed by atoms with Crippen LogP contribution in [0.25, 0.3) is 0 Å². The van der Waals surface area contributed by atoms with E-state index < -0.39 is 5.97 Å². The van der Waals surface area contributed by atoms with Gasteiger partial charge in [0.2, 0.25) is 5.91 Å². The largest absolute Gasteiger partial charge is 0.491 e. The number of nitriles is 1. The molecule has 1 amide bonds. The van der Waals surface area contributed by atoms with Crippen LogP contribution in [0.5, 0.6) is 5.75 Å². The van der Waals surface area contributed by atoms with Gasteiger partial charge in [0.1, 0.15) is 24.0 Å². The fourth-order valence-corrected chi connectivity index (χ4v) is 3.67. The summed E-state index contributed by atoms with van der Waals surface area (Å²) in [6.07, 6.45) is 3.01. The van der Waals surface area contributed by atoms with E-state index in [2.05, 4.69) is 11.4 Å². The van der Waals surface area contributed by atoms with Crippen molar-refractivity contribution in [2.45, 2.75) is 43.8 Å². The van der Waals surface area contributed by atoms with Crippen molar-refractivity contribution < 1.29 is 19.4 Å². The minimum Gasteiger partial charge on any atom is -0.491 e. The van der Waals surface area contributed by atoms with Gasteiger partial charge in [0.05, 0.1) is 12.1 Å². The third-order valence-electron chi connectivity index (χ3n) is 4.84. The average Bonchev–Trinajstić information content (AvgIpc) is 3.29. The van der Waals surface area contributed by atoms with Crippen LogP contribution in [0, 0.1) is 11.3 Å². The number of likely N-dealkylation sites (tertiary alicyclic amines) is 1. The van der Waals surface area contributed by atoms with Crippen LogP contribution in [-0.4, -0.2) is 53.2 Å². The Kier molecular flexibility index (Phi) is 5.64. The van der Waals surface area contributed by atoms with E-state index in [1.807, 2.05) is 0 Å². The summed E-state index contributed by atoms with van der Waals surface area (Å²) < 4.78 is 5.65. The third kappa shape index (κ3) is 3.92. The van der Waals surface area contributed by atoms with Gasteiger partial charge in [0.25, 0.3) is 0 Å². The topological polar surface area (TPSA) is 103 Å². The quantitative estimate of drug-likeness (QED) is 0.814. The molecule has 2 heterocycles. The molecule has 2 aliphatic heterocycles. The summed E-state index contributed by atoms with van der Waals surface area (Å²) in [6, 6.07) is 5.95. The Morgan fingerprint density at radius 3 is 2.92 bits per heavy atom. The summed E-state index contributed by atoms with van der Waals surface area (Å²) in [5.74, 6) is -0.886. The van der Waals surface area contributed by atoms with Crippen LogP contribution < -0.4 is 10.1 Å². The molecule has 3 atom stereocenters. The Balaban J connectivity index is 1.56. The number of hydrogen-bond donors (Lipinski definition) is 2. The zero-order valence-corrected chi connectivity index (χ0v) is 14.9. The number of rotatable bonds is 5. The molecular weight excluding hydrogens is 358 g/mol. The van der Waals surface area contributed by atoms with Crippen LogP contribution in [0.2, 0.25) is 5.02 Å². The maximum absolute atomic E-state index is 12.6. The molecule has 3 unspecified atom stereocenters. The monoisotopic (exact) mass is 377 g/mol. The number of amides is 1. The van der Waals surface area contributed by atoms with Crippen molar-refractivity contribution in [2.75, 3.05) is 13.2 Å². The molecule has 0 radical (unpaired) electrons. The lowest BCUT2D eigenvalue weighted by Gasteiger charge is -2.24. The Labute approximate surface area is 156 Å². The number of halogens is 1. The molecule has 2 fully saturated rings. The predicted molar refractivity (Wildman–Crippen MR) is 94.2 cm³/mol. The SMILES string of the molecule is N#CC1CCCN1C(=O)C1CCC(COc2ccc(Cl)cc2C(=O)O)N1. The second kappa shape index (κ2) is 7.94. The summed E-state index contributed by atoms with van der Waals surface area (Å²) in [5.41, 5.74) is 0.0112. The van der Waals surface area contributed by atoms with Gasteiger partial charge in [-0.2, -0.15) is 5.26 Å². The molecule has 3 rings (SSSR count). The number of carbonyl (C=O) groups excluding carboxylic acids is 1. The maximum Gasteiger partial charge on any atom is 0.339 e. The number of carboxylic acid groups (broad SMARTS) is 1. The number of ether oxygens (including phenoxy) is 1. The summed E-state index contributed by atoms with van der Waals surface area (Å²) in [7, 11) is 0. The lowest BCUT2D eigenvalue weighted by atomic mass is 10.1. The van der Waals surface area contributed by atoms with Gasteiger partial charge in [-0.15, -0.1) is 0 Å². The van der Waals surface area contributed by atoms with E-state index in [-0.39, 0.29) is 42.0 Å². The van der Waals surface area contributed by atoms with Gasteiger partial charge in [-0.25, -0.2) is 4.79 Å². The molecule has 138 valence electrons. The zero-order valence-electron chi connectivity index (χ0n) is 14.2. The minimum absolute atomic E-state index is 0.0112. The molecule has 0 saturated carbocycles. The molecule has 0 aromatic heterocycles. The van der Waals surface area contributed by atoms with Crippen molar-refractivity contribution >= 4 is 23.5 Å². The van der Waals surface area contributed by atoms with E-state index >= 15 is 0 Å². The molecular formula is C18H20ClN3O4. The molecule has 1 aromatic rings. The molecule has 26 heavy (non-hydrogen) atoms. The van der Waals surface area contributed by atoms with Crippen LogP contribution in [0.1, 0.15) is 36.0 Å². The highest BCUT2D eigenvalue weighted by Gasteiger charge is 2.37. The number of carboxylic acids is 1. The fraction of sp³-hybridized carbons (Fsp3) is 0.500. The first kappa shape index (κ1) is 18.5. The van der Waals surface area contributed by atoms with Crippen molar-refractivity contribution in [3.8, 4) is 11.8 Å². The highest BCUT2D eigenvalue weighted by atomic mass is 35.5. The Morgan fingerprint density at radius 1 is 1.38 bits per heavy atom. The number of benzene rings is 1. The van der Waals surface area contributed by atoms with Gasteiger partial charge >= 0.3 is 5.97 Å². The maximum atomic E-state index is 12.6. The first-order valence-corrected chi connectivity index (χ1v) is 8.99. The van der Waals surface area contributed by atoms with E-state index in [1.165, 1.54) is 12.1 Å². The number of nitrogens with one attached hydrogen (secondary N) is 1. The number of hydrogen-bond acceptors (Lipinski definition) is 5. The zero-order chi connectivity index (χ0) is 18.7. The molecule has 7 nitrogen and oxygen atoms in total. The molecule has 2 aliphatic rings. The van der Waals surface area contributed by atoms with Crippen LogP contribution in [0.15, 0.2) is 18.2 Å². The van der Waals surface area contributed by atoms with E-state index in [0.717, 1.165) is 19.3 Å². The molecule has 0 spiro atoms. The number of carbonyl (C=O) groups is 2. The summed E-state index contributed by atoms with van der Waals surface area (Å²) >= 11 is 5.83. The van der Waals surface area contributed by atoms with E-state index in [9.17, 15) is 14.7 Å². The van der Waals surface area contributed by atoms with E-state index in [0.29, 0.717) is 18.0 Å². The van der Waals surface area contributed by atoms with Crippen LogP contribution in [0.4, 0.5) is 0 Å². The van der Waals surface area contributed by atoms with Gasteiger partial charge in [0, 0.05) is 17.6 Å². The Bertz CT molecular complexity index is 748. The number of aromatic carboxylic acids is 1. The first-order valence-electron chi connectivity index (χ1n) is 8.61. The molecule has 2 saturated heterocycles. The lowest BCUT2D eigenvalue weighted by Crippen LogP contribution is -2.47. The second-order valence-corrected chi connectivity index (χ2v) is 7.01. The molecule has 0 aliphatic carbocycles. The van der Waals surface area contributed by atoms with E-state index in [1.54, 1.807) is 11.0 Å². The van der Waals surface area contributed by atoms with E-state index in [4.69, 9.17) is 21.6 Å². The molecule has 8 heteroatoms. The molecule has 1 aromatic carbocycles. The van der Waals surface area contributed by atoms with Gasteiger partial charge in [-0.3, -0.25) is 10.1 Å². The average molecular weight is 378 g/mol. The minimum atomic E-state index is -1.11. The Morgan fingerprint density at radius 2 is 2.19 bits per heavy atom. The van der Waals surface area contributed by atoms with Crippen molar-refractivity contribution in [3.05, 3.63) is 28.8 Å². The molecule has 0 bridgehead atoms. The highest BCUT2D eigenvalue weighted by Crippen LogP contribution is 2.25. The summed E-state index contributed by atoms with van der Waals surface area (Å²) in [5, 5.41) is 21.9. The number of nitrogens with zero attached hydrogens (tertiary/aromatic N) is 2. The Hall–Kier alpha value is -2.30. The van der Waals surface area contributed by atoms with Crippen molar-refractivity contribution in [1.82, 2.24) is 10.2 Å². The standard InChI is InChI=1S/C18H20ClN3O4/c19-11-3-6-16(14(8-11)18(24)25)26-10-12-4-5-15(21-12)17(23)22-7-1-2-13(22)9-20/h3,6,8,12-13,15,21H,1-2,4-5,7,10H2,(H,24,25). The van der Waals surface area contributed by atoms with Gasteiger partial charge in [-0.05, 0) is 43.9 Å². The van der Waals surface area contributed by atoms with Crippen molar-refractivity contribution in [3.63, 3.8) is 0 Å². The van der Waals surface area contributed by atoms with Gasteiger partial charge in [-0.1, -0.05) is 11.6 Å². The normalized spacial score (nSPS) is 25.1. The van der Waals surface area contributed by atoms with Crippen LogP contribution in [-0.2, 0) is 4.79 Å². The second-order valence-electron chi connectivity index (χ2n) is 6.57. The fourth-order valence-electron chi connectivity index (χ4n) is 3.50. The first-order chi connectivity index (χ1) is 12.5. The third-order valence-corrected chi connectivity index (χ3v) is 5.07. The van der Waals surface area contributed by atoms with Crippen LogP contribution in [0.3, 0.4) is 0 Å². The molecule has 2 N–H and O–H groups in total. The van der Waals surface area contributed by atoms with Gasteiger partial charge < -0.3 is 14.7 Å². The smallest absolute Gasteiger partial charge is 0.339 e. The van der Waals surface area contributed by atoms with Gasteiger partial charge in [0.15, 0.2) is 0 Å². The highest BCUT2D eigenvalue weighted by molar-refractivity contribution is 6.31. The summed E-state index contributed by atoms with van der Waals surface area (Å²) in [4.78, 5) is 25.5. The van der Waals surface area contributed by atoms with Crippen molar-refractivity contribution in [2.24, 2.45) is 0 Å². The lowest BCUT2D eigenvalue weighted by molar-refractivity contribution is -0.133. The predicted octanol–water partition coefficient (Wildman–Crippen LogP) is 2.05.